The minimum Gasteiger partial charge on any atom is -0.465 e. The molecular formula is C13H16O3. The van der Waals surface area contributed by atoms with Crippen molar-refractivity contribution >= 4 is 5.97 Å². The summed E-state index contributed by atoms with van der Waals surface area (Å²) < 4.78 is 5.05. The predicted molar refractivity (Wildman–Crippen MR) is 60.3 cm³/mol. The van der Waals surface area contributed by atoms with E-state index in [1.54, 1.807) is 0 Å². The van der Waals surface area contributed by atoms with Gasteiger partial charge in [0.1, 0.15) is 0 Å². The lowest BCUT2D eigenvalue weighted by Gasteiger charge is -2.10. The molecule has 1 aromatic rings. The summed E-state index contributed by atoms with van der Waals surface area (Å²) in [5.74, 6) is 0.180. The van der Waals surface area contributed by atoms with E-state index in [0.29, 0.717) is 6.61 Å². The van der Waals surface area contributed by atoms with Crippen LogP contribution >= 0.6 is 0 Å². The topological polar surface area (TPSA) is 46.5 Å². The van der Waals surface area contributed by atoms with Crippen molar-refractivity contribution in [2.45, 2.75) is 25.2 Å². The Balaban J connectivity index is 2.15. The van der Waals surface area contributed by atoms with Crippen molar-refractivity contribution in [3.05, 3.63) is 35.4 Å². The lowest BCUT2D eigenvalue weighted by atomic mass is 10.0. The number of aliphatic hydroxyl groups is 1. The molecule has 0 saturated carbocycles. The van der Waals surface area contributed by atoms with Crippen LogP contribution in [-0.2, 0) is 9.53 Å². The van der Waals surface area contributed by atoms with E-state index < -0.39 is 0 Å². The van der Waals surface area contributed by atoms with Crippen LogP contribution in [0.3, 0.4) is 0 Å². The second kappa shape index (κ2) is 4.66. The highest BCUT2D eigenvalue weighted by Gasteiger charge is 2.30. The Hall–Kier alpha value is -1.35. The Morgan fingerprint density at radius 1 is 1.38 bits per heavy atom. The molecule has 3 nitrogen and oxygen atoms in total. The number of fused-ring (bicyclic) bond motifs is 1. The molecule has 0 spiro atoms. The standard InChI is InChI=1S/C13H16O3/c1-9(15)16-8-11-6-10(7-14)12-4-2-3-5-13(11)12/h2-5,10-11,14H,6-8H2,1H3/t10-,11+/m1/s1. The molecule has 0 unspecified atom stereocenters. The Bertz CT molecular complexity index is 387. The van der Waals surface area contributed by atoms with Gasteiger partial charge in [0.2, 0.25) is 0 Å². The molecule has 0 aliphatic heterocycles. The van der Waals surface area contributed by atoms with Gasteiger partial charge >= 0.3 is 5.97 Å². The maximum atomic E-state index is 10.8. The van der Waals surface area contributed by atoms with Gasteiger partial charge in [0.25, 0.3) is 0 Å². The van der Waals surface area contributed by atoms with Gasteiger partial charge in [-0.15, -0.1) is 0 Å². The molecule has 1 aromatic carbocycles. The monoisotopic (exact) mass is 220 g/mol. The zero-order chi connectivity index (χ0) is 11.5. The van der Waals surface area contributed by atoms with Gasteiger partial charge < -0.3 is 9.84 Å². The molecule has 1 aliphatic carbocycles. The number of hydrogen-bond acceptors (Lipinski definition) is 3. The second-order valence-electron chi connectivity index (χ2n) is 4.24. The largest absolute Gasteiger partial charge is 0.465 e. The Labute approximate surface area is 95.0 Å². The summed E-state index contributed by atoms with van der Waals surface area (Å²) in [7, 11) is 0. The van der Waals surface area contributed by atoms with E-state index in [1.165, 1.54) is 18.1 Å². The molecule has 0 aromatic heterocycles. The van der Waals surface area contributed by atoms with E-state index in [2.05, 4.69) is 6.07 Å². The molecule has 0 heterocycles. The highest BCUT2D eigenvalue weighted by Crippen LogP contribution is 2.41. The van der Waals surface area contributed by atoms with Crippen LogP contribution in [0.1, 0.15) is 36.3 Å². The van der Waals surface area contributed by atoms with E-state index in [-0.39, 0.29) is 24.4 Å². The third-order valence-corrected chi connectivity index (χ3v) is 3.15. The van der Waals surface area contributed by atoms with Crippen LogP contribution in [0.4, 0.5) is 0 Å². The lowest BCUT2D eigenvalue weighted by Crippen LogP contribution is -2.08. The molecular weight excluding hydrogens is 204 g/mol. The SMILES string of the molecule is CC(=O)OC[C@@H]1C[C@H](CO)c2ccccc21. The molecule has 0 saturated heterocycles. The first-order valence-electron chi connectivity index (χ1n) is 5.55. The van der Waals surface area contributed by atoms with E-state index in [4.69, 9.17) is 4.74 Å². The summed E-state index contributed by atoms with van der Waals surface area (Å²) in [6.07, 6.45) is 0.864. The van der Waals surface area contributed by atoms with Gasteiger partial charge in [-0.05, 0) is 17.5 Å². The van der Waals surface area contributed by atoms with E-state index >= 15 is 0 Å². The number of carbonyl (C=O) groups is 1. The molecule has 0 bridgehead atoms. The van der Waals surface area contributed by atoms with Crippen molar-refractivity contribution in [2.24, 2.45) is 0 Å². The van der Waals surface area contributed by atoms with Gasteiger partial charge in [-0.3, -0.25) is 4.79 Å². The summed E-state index contributed by atoms with van der Waals surface area (Å²) in [6, 6.07) is 8.07. The molecule has 3 heteroatoms. The number of esters is 1. The fourth-order valence-corrected chi connectivity index (χ4v) is 2.40. The van der Waals surface area contributed by atoms with Crippen LogP contribution < -0.4 is 0 Å². The number of aliphatic hydroxyl groups excluding tert-OH is 1. The number of rotatable bonds is 3. The number of carbonyl (C=O) groups excluding carboxylic acids is 1. The maximum absolute atomic E-state index is 10.8. The fourth-order valence-electron chi connectivity index (χ4n) is 2.40. The summed E-state index contributed by atoms with van der Waals surface area (Å²) >= 11 is 0. The van der Waals surface area contributed by atoms with E-state index in [9.17, 15) is 9.90 Å². The first-order valence-corrected chi connectivity index (χ1v) is 5.55. The molecule has 0 amide bonds. The molecule has 16 heavy (non-hydrogen) atoms. The fraction of sp³-hybridized carbons (Fsp3) is 0.462. The Morgan fingerprint density at radius 3 is 2.56 bits per heavy atom. The minimum atomic E-state index is -0.245. The predicted octanol–water partition coefficient (Wildman–Crippen LogP) is 1.81. The first kappa shape index (κ1) is 11.1. The van der Waals surface area contributed by atoms with Crippen molar-refractivity contribution < 1.29 is 14.6 Å². The molecule has 0 radical (unpaired) electrons. The van der Waals surface area contributed by atoms with Crippen molar-refractivity contribution in [1.82, 2.24) is 0 Å². The molecule has 2 atom stereocenters. The molecule has 1 aliphatic rings. The first-order chi connectivity index (χ1) is 7.72. The second-order valence-corrected chi connectivity index (χ2v) is 4.24. The zero-order valence-electron chi connectivity index (χ0n) is 9.35. The van der Waals surface area contributed by atoms with Crippen LogP contribution in [0.15, 0.2) is 24.3 Å². The van der Waals surface area contributed by atoms with Crippen LogP contribution in [-0.4, -0.2) is 24.3 Å². The Morgan fingerprint density at radius 2 is 2.00 bits per heavy atom. The third kappa shape index (κ3) is 2.09. The molecule has 1 N–H and O–H groups in total. The van der Waals surface area contributed by atoms with Gasteiger partial charge in [-0.1, -0.05) is 24.3 Å². The van der Waals surface area contributed by atoms with Gasteiger partial charge in [0.05, 0.1) is 6.61 Å². The minimum absolute atomic E-state index is 0.160. The van der Waals surface area contributed by atoms with Crippen LogP contribution in [0.2, 0.25) is 0 Å². The third-order valence-electron chi connectivity index (χ3n) is 3.15. The highest BCUT2D eigenvalue weighted by molar-refractivity contribution is 5.66. The maximum Gasteiger partial charge on any atom is 0.302 e. The smallest absolute Gasteiger partial charge is 0.302 e. The Kier molecular flexibility index (Phi) is 3.25. The molecule has 0 fully saturated rings. The van der Waals surface area contributed by atoms with Crippen LogP contribution in [0, 0.1) is 0 Å². The van der Waals surface area contributed by atoms with Crippen molar-refractivity contribution in [3.63, 3.8) is 0 Å². The summed E-state index contributed by atoms with van der Waals surface area (Å²) in [5, 5.41) is 9.30. The zero-order valence-corrected chi connectivity index (χ0v) is 9.35. The van der Waals surface area contributed by atoms with Gasteiger partial charge in [0, 0.05) is 25.4 Å². The summed E-state index contributed by atoms with van der Waals surface area (Å²) in [4.78, 5) is 10.8. The average molecular weight is 220 g/mol. The average Bonchev–Trinajstić information content (AvgIpc) is 2.65. The lowest BCUT2D eigenvalue weighted by molar-refractivity contribution is -0.141. The van der Waals surface area contributed by atoms with E-state index in [0.717, 1.165) is 6.42 Å². The van der Waals surface area contributed by atoms with Crippen molar-refractivity contribution in [2.75, 3.05) is 13.2 Å². The summed E-state index contributed by atoms with van der Waals surface area (Å²) in [5.41, 5.74) is 2.41. The quantitative estimate of drug-likeness (QED) is 0.790. The van der Waals surface area contributed by atoms with Crippen LogP contribution in [0.5, 0.6) is 0 Å². The van der Waals surface area contributed by atoms with Crippen LogP contribution in [0.25, 0.3) is 0 Å². The highest BCUT2D eigenvalue weighted by atomic mass is 16.5. The van der Waals surface area contributed by atoms with E-state index in [1.807, 2.05) is 18.2 Å². The normalized spacial score (nSPS) is 22.9. The van der Waals surface area contributed by atoms with Crippen molar-refractivity contribution in [3.8, 4) is 0 Å². The number of benzene rings is 1. The van der Waals surface area contributed by atoms with Crippen molar-refractivity contribution in [1.29, 1.82) is 0 Å². The summed E-state index contributed by atoms with van der Waals surface area (Å²) in [6.45, 7) is 2.00. The van der Waals surface area contributed by atoms with Gasteiger partial charge in [0.15, 0.2) is 0 Å². The molecule has 86 valence electrons. The van der Waals surface area contributed by atoms with Gasteiger partial charge in [-0.25, -0.2) is 0 Å². The van der Waals surface area contributed by atoms with Gasteiger partial charge in [-0.2, -0.15) is 0 Å². The molecule has 2 rings (SSSR count). The number of ether oxygens (including phenoxy) is 1. The number of hydrogen-bond donors (Lipinski definition) is 1.